The lowest BCUT2D eigenvalue weighted by Crippen LogP contribution is -2.45. The highest BCUT2D eigenvalue weighted by atomic mass is 16.3. The van der Waals surface area contributed by atoms with Crippen molar-refractivity contribution in [2.24, 2.45) is 0 Å². The maximum Gasteiger partial charge on any atom is 0.0610 e. The maximum atomic E-state index is 9.28. The number of unbranched alkanes of at least 4 members (excludes halogenated alkanes) is 1. The van der Waals surface area contributed by atoms with Gasteiger partial charge in [-0.2, -0.15) is 0 Å². The van der Waals surface area contributed by atoms with Gasteiger partial charge in [0.2, 0.25) is 0 Å². The monoisotopic (exact) mass is 243 g/mol. The van der Waals surface area contributed by atoms with E-state index in [0.717, 1.165) is 6.42 Å². The lowest BCUT2D eigenvalue weighted by Gasteiger charge is -2.32. The molecule has 0 bridgehead atoms. The first kappa shape index (κ1) is 14.9. The molecule has 2 N–H and O–H groups in total. The summed E-state index contributed by atoms with van der Waals surface area (Å²) in [6.07, 6.45) is 3.47. The summed E-state index contributed by atoms with van der Waals surface area (Å²) in [5, 5.41) is 12.5. The second-order valence-electron chi connectivity index (χ2n) is 5.57. The van der Waals surface area contributed by atoms with Gasteiger partial charge in [-0.1, -0.05) is 6.42 Å². The minimum absolute atomic E-state index is 0.0951. The van der Waals surface area contributed by atoms with Crippen LogP contribution in [0.5, 0.6) is 0 Å². The van der Waals surface area contributed by atoms with Gasteiger partial charge in [-0.3, -0.25) is 0 Å². The van der Waals surface area contributed by atoms with Crippen molar-refractivity contribution in [2.75, 3.05) is 53.4 Å². The van der Waals surface area contributed by atoms with Crippen LogP contribution >= 0.6 is 0 Å². The molecule has 4 heteroatoms. The van der Waals surface area contributed by atoms with E-state index in [1.165, 1.54) is 45.6 Å². The predicted molar refractivity (Wildman–Crippen MR) is 72.3 cm³/mol. The Balaban J connectivity index is 2.08. The molecule has 0 aromatic rings. The smallest absolute Gasteiger partial charge is 0.0610 e. The third-order valence-corrected chi connectivity index (χ3v) is 4.00. The molecule has 0 spiro atoms. The van der Waals surface area contributed by atoms with Crippen LogP contribution in [0.1, 0.15) is 26.2 Å². The number of hydrogen-bond donors (Lipinski definition) is 2. The summed E-state index contributed by atoms with van der Waals surface area (Å²) in [5.74, 6) is 0. The van der Waals surface area contributed by atoms with Crippen molar-refractivity contribution in [3.8, 4) is 0 Å². The van der Waals surface area contributed by atoms with Crippen molar-refractivity contribution >= 4 is 0 Å². The van der Waals surface area contributed by atoms with E-state index in [9.17, 15) is 5.11 Å². The Kier molecular flexibility index (Phi) is 6.41. The van der Waals surface area contributed by atoms with Gasteiger partial charge in [0.15, 0.2) is 0 Å². The highest BCUT2D eigenvalue weighted by molar-refractivity contribution is 4.80. The van der Waals surface area contributed by atoms with Crippen molar-refractivity contribution in [3.05, 3.63) is 0 Å². The minimum Gasteiger partial charge on any atom is -0.394 e. The third-order valence-electron chi connectivity index (χ3n) is 4.00. The van der Waals surface area contributed by atoms with Gasteiger partial charge >= 0.3 is 0 Å². The molecule has 1 aliphatic heterocycles. The second kappa shape index (κ2) is 7.31. The Morgan fingerprint density at radius 2 is 1.82 bits per heavy atom. The molecule has 17 heavy (non-hydrogen) atoms. The van der Waals surface area contributed by atoms with E-state index >= 15 is 0 Å². The van der Waals surface area contributed by atoms with Crippen LogP contribution in [-0.4, -0.2) is 73.9 Å². The fourth-order valence-electron chi connectivity index (χ4n) is 2.21. The van der Waals surface area contributed by atoms with Gasteiger partial charge in [0, 0.05) is 31.7 Å². The van der Waals surface area contributed by atoms with Crippen LogP contribution in [0.15, 0.2) is 0 Å². The summed E-state index contributed by atoms with van der Waals surface area (Å²) in [4.78, 5) is 4.94. The van der Waals surface area contributed by atoms with Crippen LogP contribution in [-0.2, 0) is 0 Å². The Labute approximate surface area is 106 Å². The summed E-state index contributed by atoms with van der Waals surface area (Å²) in [6, 6.07) is 0. The van der Waals surface area contributed by atoms with Crippen molar-refractivity contribution < 1.29 is 5.11 Å². The molecule has 4 nitrogen and oxygen atoms in total. The highest BCUT2D eigenvalue weighted by Gasteiger charge is 2.20. The first-order valence-corrected chi connectivity index (χ1v) is 6.80. The predicted octanol–water partition coefficient (Wildman–Crippen LogP) is 0.375. The fraction of sp³-hybridized carbons (Fsp3) is 1.00. The second-order valence-corrected chi connectivity index (χ2v) is 5.57. The summed E-state index contributed by atoms with van der Waals surface area (Å²) < 4.78 is 0. The lowest BCUT2D eigenvalue weighted by molar-refractivity contribution is 0.145. The van der Waals surface area contributed by atoms with Crippen molar-refractivity contribution in [1.82, 2.24) is 15.1 Å². The third kappa shape index (κ3) is 5.34. The quantitative estimate of drug-likeness (QED) is 0.634. The van der Waals surface area contributed by atoms with Gasteiger partial charge in [-0.25, -0.2) is 0 Å². The Bertz CT molecular complexity index is 199. The summed E-state index contributed by atoms with van der Waals surface area (Å²) in [6.45, 7) is 8.33. The summed E-state index contributed by atoms with van der Waals surface area (Å²) in [5.41, 5.74) is -0.0951. The topological polar surface area (TPSA) is 38.7 Å². The van der Waals surface area contributed by atoms with Gasteiger partial charge in [-0.05, 0) is 40.4 Å². The highest BCUT2D eigenvalue weighted by Crippen LogP contribution is 2.13. The van der Waals surface area contributed by atoms with E-state index in [2.05, 4.69) is 29.1 Å². The zero-order valence-electron chi connectivity index (χ0n) is 11.7. The molecule has 0 aromatic carbocycles. The Morgan fingerprint density at radius 3 is 2.35 bits per heavy atom. The first-order chi connectivity index (χ1) is 8.09. The number of nitrogens with one attached hydrogen (secondary N) is 1. The van der Waals surface area contributed by atoms with Gasteiger partial charge in [0.1, 0.15) is 0 Å². The molecule has 102 valence electrons. The van der Waals surface area contributed by atoms with E-state index in [1.54, 1.807) is 0 Å². The van der Waals surface area contributed by atoms with Crippen LogP contribution in [0, 0.1) is 0 Å². The van der Waals surface area contributed by atoms with Gasteiger partial charge in [0.05, 0.1) is 6.61 Å². The molecule has 0 radical (unpaired) electrons. The largest absolute Gasteiger partial charge is 0.394 e. The number of nitrogens with zero attached hydrogens (tertiary/aromatic N) is 2. The summed E-state index contributed by atoms with van der Waals surface area (Å²) >= 11 is 0. The van der Waals surface area contributed by atoms with Crippen molar-refractivity contribution in [2.45, 2.75) is 31.7 Å². The molecule has 1 aliphatic rings. The average Bonchev–Trinajstić information content (AvgIpc) is 2.36. The Hall–Kier alpha value is -0.160. The summed E-state index contributed by atoms with van der Waals surface area (Å²) in [7, 11) is 4.12. The van der Waals surface area contributed by atoms with E-state index in [0.29, 0.717) is 0 Å². The van der Waals surface area contributed by atoms with E-state index in [4.69, 9.17) is 0 Å². The number of hydrogen-bond acceptors (Lipinski definition) is 4. The zero-order chi connectivity index (χ0) is 12.7. The molecule has 1 atom stereocenters. The average molecular weight is 243 g/mol. The Morgan fingerprint density at radius 1 is 1.18 bits per heavy atom. The molecule has 0 aliphatic carbocycles. The molecule has 0 aromatic heterocycles. The number of aliphatic hydroxyl groups is 1. The lowest BCUT2D eigenvalue weighted by atomic mass is 9.96. The van der Waals surface area contributed by atoms with Crippen LogP contribution < -0.4 is 5.32 Å². The molecule has 0 amide bonds. The van der Waals surface area contributed by atoms with E-state index in [-0.39, 0.29) is 12.1 Å². The SMILES string of the molecule is CNC(C)(CO)CCCCN1CCN(C)CC1. The maximum absolute atomic E-state index is 9.28. The standard InChI is InChI=1S/C13H29N3O/c1-13(12-17,14-2)6-4-5-7-16-10-8-15(3)9-11-16/h14,17H,4-12H2,1-3H3. The molecule has 1 saturated heterocycles. The van der Waals surface area contributed by atoms with Crippen LogP contribution in [0.4, 0.5) is 0 Å². The van der Waals surface area contributed by atoms with Crippen LogP contribution in [0.2, 0.25) is 0 Å². The molecule has 1 rings (SSSR count). The zero-order valence-corrected chi connectivity index (χ0v) is 11.7. The van der Waals surface area contributed by atoms with E-state index < -0.39 is 0 Å². The fourth-order valence-corrected chi connectivity index (χ4v) is 2.21. The number of piperazine rings is 1. The minimum atomic E-state index is -0.0951. The molecular formula is C13H29N3O. The van der Waals surface area contributed by atoms with Gasteiger partial charge in [0.25, 0.3) is 0 Å². The molecule has 1 fully saturated rings. The number of likely N-dealkylation sites (N-methyl/N-ethyl adjacent to an activating group) is 2. The van der Waals surface area contributed by atoms with Crippen molar-refractivity contribution in [3.63, 3.8) is 0 Å². The molecule has 1 unspecified atom stereocenters. The van der Waals surface area contributed by atoms with Gasteiger partial charge < -0.3 is 20.2 Å². The first-order valence-electron chi connectivity index (χ1n) is 6.80. The molecule has 1 heterocycles. The normalized spacial score (nSPS) is 22.6. The molecule has 0 saturated carbocycles. The van der Waals surface area contributed by atoms with Gasteiger partial charge in [-0.15, -0.1) is 0 Å². The van der Waals surface area contributed by atoms with Crippen LogP contribution in [0.3, 0.4) is 0 Å². The van der Waals surface area contributed by atoms with E-state index in [1.807, 2.05) is 7.05 Å². The van der Waals surface area contributed by atoms with Crippen molar-refractivity contribution in [1.29, 1.82) is 0 Å². The molecular weight excluding hydrogens is 214 g/mol. The van der Waals surface area contributed by atoms with Crippen LogP contribution in [0.25, 0.3) is 0 Å². The number of rotatable bonds is 7. The number of aliphatic hydroxyl groups excluding tert-OH is 1.